The number of rotatable bonds is 7. The third-order valence-corrected chi connectivity index (χ3v) is 4.74. The first-order chi connectivity index (χ1) is 14.3. The molecule has 1 saturated heterocycles. The van der Waals surface area contributed by atoms with Gasteiger partial charge in [-0.25, -0.2) is 4.79 Å². The fourth-order valence-corrected chi connectivity index (χ4v) is 3.15. The number of ether oxygens (including phenoxy) is 2. The van der Waals surface area contributed by atoms with Crippen LogP contribution in [0.1, 0.15) is 6.42 Å². The number of amides is 2. The molecule has 0 atom stereocenters. The zero-order valence-corrected chi connectivity index (χ0v) is 16.0. The van der Waals surface area contributed by atoms with Gasteiger partial charge in [0.05, 0.1) is 18.5 Å². The third-order valence-electron chi connectivity index (χ3n) is 4.74. The van der Waals surface area contributed by atoms with E-state index in [1.807, 2.05) is 60.7 Å². The summed E-state index contributed by atoms with van der Waals surface area (Å²) in [5, 5.41) is 2.85. The highest BCUT2D eigenvalue weighted by molar-refractivity contribution is 5.89. The van der Waals surface area contributed by atoms with Crippen molar-refractivity contribution in [2.24, 2.45) is 5.92 Å². The Morgan fingerprint density at radius 1 is 1.00 bits per heavy atom. The Kier molecular flexibility index (Phi) is 5.90. The molecular weight excluding hydrogens is 366 g/mol. The number of carbonyl (C=O) groups is 1. The van der Waals surface area contributed by atoms with Crippen molar-refractivity contribution in [1.29, 1.82) is 0 Å². The highest BCUT2D eigenvalue weighted by atomic mass is 16.5. The van der Waals surface area contributed by atoms with Crippen molar-refractivity contribution in [3.8, 4) is 17.2 Å². The van der Waals surface area contributed by atoms with E-state index in [0.717, 1.165) is 36.8 Å². The van der Waals surface area contributed by atoms with Crippen LogP contribution in [0.3, 0.4) is 0 Å². The summed E-state index contributed by atoms with van der Waals surface area (Å²) in [6.07, 6.45) is 4.22. The molecule has 4 rings (SSSR count). The average molecular weight is 389 g/mol. The number of pyridine rings is 1. The van der Waals surface area contributed by atoms with E-state index in [9.17, 15) is 4.79 Å². The highest BCUT2D eigenvalue weighted by Gasteiger charge is 2.30. The Hall–Kier alpha value is -3.54. The molecule has 0 bridgehead atoms. The molecular formula is C23H23N3O3. The van der Waals surface area contributed by atoms with Gasteiger partial charge in [-0.3, -0.25) is 4.98 Å². The van der Waals surface area contributed by atoms with E-state index < -0.39 is 0 Å². The zero-order chi connectivity index (χ0) is 19.9. The lowest BCUT2D eigenvalue weighted by Crippen LogP contribution is -2.52. The molecule has 2 amide bonds. The van der Waals surface area contributed by atoms with Gasteiger partial charge in [-0.2, -0.15) is 0 Å². The topological polar surface area (TPSA) is 63.7 Å². The van der Waals surface area contributed by atoms with Crippen LogP contribution in [0.25, 0.3) is 0 Å². The molecule has 6 nitrogen and oxygen atoms in total. The van der Waals surface area contributed by atoms with E-state index in [0.29, 0.717) is 18.2 Å². The molecule has 2 heterocycles. The van der Waals surface area contributed by atoms with Crippen molar-refractivity contribution in [1.82, 2.24) is 9.88 Å². The average Bonchev–Trinajstić information content (AvgIpc) is 2.71. The Labute approximate surface area is 170 Å². The summed E-state index contributed by atoms with van der Waals surface area (Å²) in [4.78, 5) is 18.0. The number of urea groups is 1. The second-order valence-electron chi connectivity index (χ2n) is 6.97. The molecule has 1 aromatic heterocycles. The Balaban J connectivity index is 1.18. The van der Waals surface area contributed by atoms with Crippen LogP contribution in [0, 0.1) is 5.92 Å². The van der Waals surface area contributed by atoms with E-state index in [4.69, 9.17) is 9.47 Å². The van der Waals surface area contributed by atoms with Gasteiger partial charge in [-0.15, -0.1) is 0 Å². The summed E-state index contributed by atoms with van der Waals surface area (Å²) >= 11 is 0. The van der Waals surface area contributed by atoms with Gasteiger partial charge in [0.1, 0.15) is 17.2 Å². The molecule has 0 spiro atoms. The first-order valence-corrected chi connectivity index (χ1v) is 9.68. The number of anilines is 1. The molecule has 29 heavy (non-hydrogen) atoms. The van der Waals surface area contributed by atoms with Crippen molar-refractivity contribution in [2.45, 2.75) is 6.42 Å². The lowest BCUT2D eigenvalue weighted by Gasteiger charge is -2.39. The smallest absolute Gasteiger partial charge is 0.321 e. The fourth-order valence-electron chi connectivity index (χ4n) is 3.15. The SMILES string of the molecule is O=C(Nc1cccnc1)N1CC(CCOc2cccc(Oc3ccccc3)c2)C1. The molecule has 1 N–H and O–H groups in total. The number of benzene rings is 2. The molecule has 3 aromatic rings. The van der Waals surface area contributed by atoms with Crippen molar-refractivity contribution in [3.63, 3.8) is 0 Å². The predicted octanol–water partition coefficient (Wildman–Crippen LogP) is 4.81. The number of likely N-dealkylation sites (tertiary alicyclic amines) is 1. The quantitative estimate of drug-likeness (QED) is 0.630. The summed E-state index contributed by atoms with van der Waals surface area (Å²) in [7, 11) is 0. The second kappa shape index (κ2) is 9.10. The minimum absolute atomic E-state index is 0.0825. The summed E-state index contributed by atoms with van der Waals surface area (Å²) in [5.41, 5.74) is 0.710. The van der Waals surface area contributed by atoms with Crippen molar-refractivity contribution >= 4 is 11.7 Å². The summed E-state index contributed by atoms with van der Waals surface area (Å²) in [5.74, 6) is 2.78. The summed E-state index contributed by atoms with van der Waals surface area (Å²) < 4.78 is 11.7. The second-order valence-corrected chi connectivity index (χ2v) is 6.97. The van der Waals surface area contributed by atoms with Gasteiger partial charge in [0.2, 0.25) is 0 Å². The molecule has 6 heteroatoms. The van der Waals surface area contributed by atoms with Crippen LogP contribution in [0.15, 0.2) is 79.1 Å². The van der Waals surface area contributed by atoms with Crippen LogP contribution in [-0.4, -0.2) is 35.6 Å². The lowest BCUT2D eigenvalue weighted by atomic mass is 9.97. The molecule has 0 aliphatic carbocycles. The molecule has 1 aliphatic rings. The molecule has 0 radical (unpaired) electrons. The van der Waals surface area contributed by atoms with Crippen molar-refractivity contribution < 1.29 is 14.3 Å². The van der Waals surface area contributed by atoms with Crippen LogP contribution in [-0.2, 0) is 0 Å². The number of para-hydroxylation sites is 1. The van der Waals surface area contributed by atoms with Gasteiger partial charge in [-0.1, -0.05) is 24.3 Å². The van der Waals surface area contributed by atoms with E-state index >= 15 is 0 Å². The molecule has 148 valence electrons. The van der Waals surface area contributed by atoms with Gasteiger partial charge >= 0.3 is 6.03 Å². The Morgan fingerprint density at radius 2 is 1.79 bits per heavy atom. The standard InChI is InChI=1S/C23H23N3O3/c27-23(25-19-6-5-12-24-15-19)26-16-18(17-26)11-13-28-21-9-4-10-22(14-21)29-20-7-2-1-3-8-20/h1-10,12,14-15,18H,11,13,16-17H2,(H,25,27). The van der Waals surface area contributed by atoms with Gasteiger partial charge < -0.3 is 19.7 Å². The van der Waals surface area contributed by atoms with Crippen molar-refractivity contribution in [2.75, 3.05) is 25.0 Å². The van der Waals surface area contributed by atoms with E-state index in [2.05, 4.69) is 10.3 Å². The fraction of sp³-hybridized carbons (Fsp3) is 0.217. The molecule has 0 unspecified atom stereocenters. The largest absolute Gasteiger partial charge is 0.493 e. The van der Waals surface area contributed by atoms with Gasteiger partial charge in [0.15, 0.2) is 0 Å². The van der Waals surface area contributed by atoms with Crippen LogP contribution in [0.5, 0.6) is 17.2 Å². The summed E-state index contributed by atoms with van der Waals surface area (Å²) in [6.45, 7) is 2.09. The lowest BCUT2D eigenvalue weighted by molar-refractivity contribution is 0.113. The molecule has 0 saturated carbocycles. The van der Waals surface area contributed by atoms with Gasteiger partial charge in [0.25, 0.3) is 0 Å². The van der Waals surface area contributed by atoms with Crippen molar-refractivity contribution in [3.05, 3.63) is 79.1 Å². The maximum absolute atomic E-state index is 12.2. The third kappa shape index (κ3) is 5.25. The predicted molar refractivity (Wildman–Crippen MR) is 111 cm³/mol. The number of nitrogens with zero attached hydrogens (tertiary/aromatic N) is 2. The summed E-state index contributed by atoms with van der Waals surface area (Å²) in [6, 6.07) is 20.8. The highest BCUT2D eigenvalue weighted by Crippen LogP contribution is 2.26. The maximum Gasteiger partial charge on any atom is 0.321 e. The monoisotopic (exact) mass is 389 g/mol. The number of aromatic nitrogens is 1. The zero-order valence-electron chi connectivity index (χ0n) is 16.0. The Morgan fingerprint density at radius 3 is 2.59 bits per heavy atom. The van der Waals surface area contributed by atoms with E-state index in [1.54, 1.807) is 23.4 Å². The van der Waals surface area contributed by atoms with Crippen LogP contribution < -0.4 is 14.8 Å². The normalized spacial score (nSPS) is 13.4. The number of hydrogen-bond donors (Lipinski definition) is 1. The number of hydrogen-bond acceptors (Lipinski definition) is 4. The molecule has 1 aliphatic heterocycles. The van der Waals surface area contributed by atoms with Crippen LogP contribution in [0.2, 0.25) is 0 Å². The Bertz CT molecular complexity index is 928. The minimum Gasteiger partial charge on any atom is -0.493 e. The maximum atomic E-state index is 12.2. The first kappa shape index (κ1) is 18.8. The molecule has 1 fully saturated rings. The molecule has 2 aromatic carbocycles. The van der Waals surface area contributed by atoms with Gasteiger partial charge in [0, 0.05) is 25.4 Å². The first-order valence-electron chi connectivity index (χ1n) is 9.68. The van der Waals surface area contributed by atoms with Gasteiger partial charge in [-0.05, 0) is 48.7 Å². The number of nitrogens with one attached hydrogen (secondary N) is 1. The van der Waals surface area contributed by atoms with Crippen LogP contribution in [0.4, 0.5) is 10.5 Å². The van der Waals surface area contributed by atoms with E-state index in [-0.39, 0.29) is 6.03 Å². The van der Waals surface area contributed by atoms with E-state index in [1.165, 1.54) is 0 Å². The number of carbonyl (C=O) groups excluding carboxylic acids is 1. The minimum atomic E-state index is -0.0825. The van der Waals surface area contributed by atoms with Crippen LogP contribution >= 0.6 is 0 Å².